The number of aliphatic hydroxyl groups is 2. The van der Waals surface area contributed by atoms with E-state index in [0.29, 0.717) is 70.2 Å². The van der Waals surface area contributed by atoms with Crippen molar-refractivity contribution in [3.05, 3.63) is 397 Å². The highest BCUT2D eigenvalue weighted by Crippen LogP contribution is 2.44. The number of hydrogen-bond donors (Lipinski definition) is 5. The molecule has 0 saturated carbocycles. The summed E-state index contributed by atoms with van der Waals surface area (Å²) in [6, 6.07) is 85.2. The third kappa shape index (κ3) is 23.1. The zero-order chi connectivity index (χ0) is 89.8. The van der Waals surface area contributed by atoms with Crippen LogP contribution in [-0.4, -0.2) is 101 Å². The Hall–Kier alpha value is -13.2. The van der Waals surface area contributed by atoms with Crippen LogP contribution in [0.4, 0.5) is 5.69 Å². The number of nitrogens with one attached hydrogen (secondary N) is 1. The molecule has 5 N–H and O–H groups in total. The largest absolute Gasteiger partial charge is 0.497 e. The molecule has 11 aromatic carbocycles. The molecule has 130 heavy (non-hydrogen) atoms. The summed E-state index contributed by atoms with van der Waals surface area (Å²) < 4.78 is 58.4. The fourth-order valence-electron chi connectivity index (χ4n) is 17.6. The van der Waals surface area contributed by atoms with Gasteiger partial charge in [-0.25, -0.2) is 9.59 Å². The van der Waals surface area contributed by atoms with Crippen LogP contribution in [0.5, 0.6) is 11.5 Å². The number of fused-ring (bicyclic) bond motifs is 7. The lowest BCUT2D eigenvalue weighted by Gasteiger charge is -2.33. The predicted molar refractivity (Wildman–Crippen MR) is 496 cm³/mol. The molecular formula is C110H110N2O18. The number of hydrogen-bond acceptors (Lipinski definition) is 16. The number of ether oxygens (including phenoxy) is 10. The van der Waals surface area contributed by atoms with Gasteiger partial charge in [-0.1, -0.05) is 238 Å². The molecule has 11 aromatic rings. The smallest absolute Gasteiger partial charge is 0.370 e. The topological polar surface area (TPSA) is 257 Å². The van der Waals surface area contributed by atoms with Gasteiger partial charge in [0.15, 0.2) is 11.5 Å². The van der Waals surface area contributed by atoms with Crippen LogP contribution in [0.2, 0.25) is 0 Å². The van der Waals surface area contributed by atoms with E-state index in [1.165, 1.54) is 73.2 Å². The van der Waals surface area contributed by atoms with E-state index in [0.717, 1.165) is 120 Å². The number of amides is 2. The zero-order valence-corrected chi connectivity index (χ0v) is 73.5. The normalized spacial score (nSPS) is 19.4. The molecular weight excluding hydrogens is 1640 g/mol. The molecule has 8 atom stereocenters. The number of carboxylic acid groups (broad SMARTS) is 2. The molecule has 8 aliphatic rings. The summed E-state index contributed by atoms with van der Waals surface area (Å²) in [5, 5.41) is 40.2. The van der Waals surface area contributed by atoms with Crippen molar-refractivity contribution < 1.29 is 87.0 Å². The highest BCUT2D eigenvalue weighted by atomic mass is 16.7. The van der Waals surface area contributed by atoms with E-state index in [1.807, 2.05) is 132 Å². The fraction of sp³-hybridized carbons (Fsp3) is 0.291. The first-order chi connectivity index (χ1) is 63.5. The van der Waals surface area contributed by atoms with Crippen molar-refractivity contribution >= 4 is 29.4 Å². The third-order valence-corrected chi connectivity index (χ3v) is 25.0. The second-order valence-corrected chi connectivity index (χ2v) is 33.7. The molecule has 0 aromatic heterocycles. The maximum absolute atomic E-state index is 13.4. The number of aliphatic hydroxyl groups excluding tert-OH is 2. The number of anilines is 1. The summed E-state index contributed by atoms with van der Waals surface area (Å²) in [5.74, 6) is -0.503. The Bertz CT molecular complexity index is 5880. The number of carbonyl (C=O) groups excluding carboxylic acids is 2. The molecule has 668 valence electrons. The number of benzene rings is 11. The van der Waals surface area contributed by atoms with Gasteiger partial charge in [-0.2, -0.15) is 0 Å². The lowest BCUT2D eigenvalue weighted by atomic mass is 9.90. The van der Waals surface area contributed by atoms with E-state index >= 15 is 0 Å². The molecule has 0 bridgehead atoms. The maximum atomic E-state index is 13.4. The Morgan fingerprint density at radius 2 is 0.762 bits per heavy atom. The van der Waals surface area contributed by atoms with Crippen LogP contribution >= 0.6 is 0 Å². The Kier molecular flexibility index (Phi) is 30.0. The molecule has 20 heteroatoms. The van der Waals surface area contributed by atoms with Crippen LogP contribution in [0.15, 0.2) is 302 Å². The number of aryl methyl sites for hydroxylation is 2. The van der Waals surface area contributed by atoms with Crippen LogP contribution in [-0.2, 0) is 129 Å². The third-order valence-electron chi connectivity index (χ3n) is 25.0. The van der Waals surface area contributed by atoms with Crippen molar-refractivity contribution in [2.75, 3.05) is 32.1 Å². The van der Waals surface area contributed by atoms with Crippen molar-refractivity contribution in [3.63, 3.8) is 0 Å². The number of aliphatic carboxylic acids is 2. The Balaban J connectivity index is 0.000000128. The predicted octanol–water partition coefficient (Wildman–Crippen LogP) is 20.5. The number of para-hydroxylation sites is 1. The molecule has 20 nitrogen and oxygen atoms in total. The second kappa shape index (κ2) is 43.3. The van der Waals surface area contributed by atoms with Crippen molar-refractivity contribution in [2.45, 2.75) is 179 Å². The van der Waals surface area contributed by atoms with Crippen LogP contribution < -0.4 is 14.8 Å². The second-order valence-electron chi connectivity index (χ2n) is 33.7. The van der Waals surface area contributed by atoms with E-state index < -0.39 is 37.1 Å². The molecule has 0 unspecified atom stereocenters. The summed E-state index contributed by atoms with van der Waals surface area (Å²) in [6.45, 7) is 8.06. The van der Waals surface area contributed by atoms with Gasteiger partial charge in [-0.15, -0.1) is 0 Å². The first-order valence-corrected chi connectivity index (χ1v) is 45.0. The minimum Gasteiger partial charge on any atom is -0.497 e. The first-order valence-electron chi connectivity index (χ1n) is 45.0. The number of carbonyl (C=O) groups is 4. The number of rotatable bonds is 26. The van der Waals surface area contributed by atoms with Crippen molar-refractivity contribution in [1.82, 2.24) is 4.90 Å². The monoisotopic (exact) mass is 1750 g/mol. The van der Waals surface area contributed by atoms with Gasteiger partial charge in [-0.3, -0.25) is 9.59 Å². The summed E-state index contributed by atoms with van der Waals surface area (Å²) in [6.07, 6.45) is 15.4. The van der Waals surface area contributed by atoms with Gasteiger partial charge in [-0.05, 0) is 216 Å². The van der Waals surface area contributed by atoms with Crippen LogP contribution in [0, 0.1) is 0 Å². The zero-order valence-electron chi connectivity index (χ0n) is 73.5. The highest BCUT2D eigenvalue weighted by molar-refractivity contribution is 6.02. The van der Waals surface area contributed by atoms with Gasteiger partial charge in [0.2, 0.25) is 36.7 Å². The molecule has 0 radical (unpaired) electrons. The minimum atomic E-state index is -1.12. The highest BCUT2D eigenvalue weighted by Gasteiger charge is 2.36. The van der Waals surface area contributed by atoms with Crippen LogP contribution in [0.1, 0.15) is 177 Å². The molecule has 6 aliphatic heterocycles. The number of piperidine rings is 1. The standard InChI is InChI=1S/C33H35NO3.C28H27NO5.C28H26O4.C21H22O6/c1-2-23-10-12-24(13-11-23)22-36-32-21-27(20-31(37-32)33(35)34-16-6-3-7-17-34)25-14-15-30-28(18-25)19-26-8-4-5-9-29(26)30;30-17-19-6-8-20(9-7-19)18-33-27-16-23(22-11-10-21-12-13-32-25(21)14-22)15-26(34-27)28(31)29-24-4-2-1-3-5-24;1-2-18-7-9-19(10-8-18)17-31-27-16-22(15-26(32-27)28(29)30)20-11-12-25-23(13-20)14-21-5-3-4-6-24(21)25;1-25-18-8-6-16(7-9-18)17-10-19(21(23)24)27-20(11-17)26-13-15-4-2-14(12-22)3-5-15/h4-5,8-15,18,20,27,32H,2-3,6-7,16-17,19,21-22H2,1H3;1-11,14-15,23,27,30H,12-13,16-18H2,(H,29,31);3-13,15,22,27H,2,14,16-17H2,1H3,(H,29,30);2-10,17,20,22H,11-13H2,1H3,(H,23,24)/t27-,32+;23-,27+;22-,27+;17-,20+/m1111/s1. The van der Waals surface area contributed by atoms with Gasteiger partial charge in [0, 0.05) is 74.6 Å². The number of likely N-dealkylation sites (tertiary alicyclic amines) is 1. The molecule has 1 saturated heterocycles. The average molecular weight is 1750 g/mol. The summed E-state index contributed by atoms with van der Waals surface area (Å²) >= 11 is 0. The number of carboxylic acids is 2. The summed E-state index contributed by atoms with van der Waals surface area (Å²) in [5.41, 5.74) is 25.1. The quantitative estimate of drug-likeness (QED) is 0.0338. The number of allylic oxidation sites excluding steroid dienone is 4. The first kappa shape index (κ1) is 90.2. The lowest BCUT2D eigenvalue weighted by molar-refractivity contribution is -0.160. The number of nitrogens with zero attached hydrogens (tertiary/aromatic N) is 1. The molecule has 19 rings (SSSR count). The minimum absolute atomic E-state index is 0.00105. The van der Waals surface area contributed by atoms with Gasteiger partial charge in [0.25, 0.3) is 11.8 Å². The SMILES string of the molecule is CCc1ccc(CO[C@@H]2C[C@H](c3ccc4c(c3)Cc3ccccc3-4)C=C(C(=O)N3CCCCC3)O2)cc1.CCc1ccc(CO[C@@H]2C[C@H](c3ccc4c(c3)Cc3ccccc3-4)C=C(C(=O)O)O2)cc1.COc1ccc([C@@H]2C=C(C(=O)O)O[C@H](OCc3ccc(CO)cc3)C2)cc1.O=C(Nc1ccccc1)C1=C[C@@H](c2ccc3c(c2)OCC3)C[C@@H](OCc2ccc(CO)cc2)O1. The van der Waals surface area contributed by atoms with Gasteiger partial charge >= 0.3 is 11.9 Å². The van der Waals surface area contributed by atoms with Crippen molar-refractivity contribution in [1.29, 1.82) is 0 Å². The van der Waals surface area contributed by atoms with Crippen LogP contribution in [0.25, 0.3) is 22.3 Å². The summed E-state index contributed by atoms with van der Waals surface area (Å²) in [7, 11) is 1.60. The maximum Gasteiger partial charge on any atom is 0.370 e. The van der Waals surface area contributed by atoms with Gasteiger partial charge in [0.1, 0.15) is 11.5 Å². The van der Waals surface area contributed by atoms with E-state index in [9.17, 15) is 34.5 Å². The van der Waals surface area contributed by atoms with Gasteiger partial charge in [0.05, 0.1) is 53.4 Å². The number of methoxy groups -OCH3 is 1. The molecule has 1 fully saturated rings. The lowest BCUT2D eigenvalue weighted by Crippen LogP contribution is -2.39. The molecule has 2 aliphatic carbocycles. The average Bonchev–Trinajstić information content (AvgIpc) is 1.64. The Morgan fingerprint density at radius 1 is 0.385 bits per heavy atom. The Morgan fingerprint density at radius 3 is 1.21 bits per heavy atom. The van der Waals surface area contributed by atoms with Crippen LogP contribution in [0.3, 0.4) is 0 Å². The summed E-state index contributed by atoms with van der Waals surface area (Å²) in [4.78, 5) is 51.5. The molecule has 2 amide bonds. The van der Waals surface area contributed by atoms with Crippen molar-refractivity contribution in [3.8, 4) is 33.8 Å². The molecule has 0 spiro atoms. The van der Waals surface area contributed by atoms with E-state index in [4.69, 9.17) is 52.5 Å². The fourth-order valence-corrected chi connectivity index (χ4v) is 17.6. The van der Waals surface area contributed by atoms with Crippen molar-refractivity contribution in [2.24, 2.45) is 0 Å². The Labute approximate surface area is 759 Å². The van der Waals surface area contributed by atoms with E-state index in [-0.39, 0.29) is 66.0 Å². The molecule has 6 heterocycles. The van der Waals surface area contributed by atoms with Gasteiger partial charge < -0.3 is 78.0 Å². The van der Waals surface area contributed by atoms with E-state index in [1.54, 1.807) is 19.3 Å². The van der Waals surface area contributed by atoms with E-state index in [2.05, 4.69) is 159 Å².